The van der Waals surface area contributed by atoms with Crippen molar-refractivity contribution < 1.29 is 14.5 Å². The van der Waals surface area contributed by atoms with Crippen LogP contribution in [0.1, 0.15) is 21.5 Å². The molecule has 2 aromatic carbocycles. The first-order valence-corrected chi connectivity index (χ1v) is 6.69. The van der Waals surface area contributed by atoms with E-state index in [2.05, 4.69) is 4.74 Å². The molecule has 0 heterocycles. The fourth-order valence-corrected chi connectivity index (χ4v) is 2.04. The smallest absolute Gasteiger partial charge is 0.337 e. The summed E-state index contributed by atoms with van der Waals surface area (Å²) in [5.74, 6) is -0.416. The fourth-order valence-electron chi connectivity index (χ4n) is 1.86. The van der Waals surface area contributed by atoms with E-state index in [1.165, 1.54) is 25.3 Å². The summed E-state index contributed by atoms with van der Waals surface area (Å²) in [6.07, 6.45) is 3.32. The molecule has 2 aromatic rings. The lowest BCUT2D eigenvalue weighted by molar-refractivity contribution is -0.385. The first-order valence-electron chi connectivity index (χ1n) is 6.31. The van der Waals surface area contributed by atoms with Crippen molar-refractivity contribution in [1.82, 2.24) is 0 Å². The van der Waals surface area contributed by atoms with E-state index < -0.39 is 10.9 Å². The van der Waals surface area contributed by atoms with Gasteiger partial charge in [0.2, 0.25) is 0 Å². The molecule has 5 nitrogen and oxygen atoms in total. The maximum atomic E-state index is 11.3. The van der Waals surface area contributed by atoms with Gasteiger partial charge in [-0.2, -0.15) is 0 Å². The Kier molecular flexibility index (Phi) is 4.91. The van der Waals surface area contributed by atoms with Gasteiger partial charge in [0.15, 0.2) is 0 Å². The lowest BCUT2D eigenvalue weighted by atomic mass is 10.1. The summed E-state index contributed by atoms with van der Waals surface area (Å²) in [5, 5.41) is 11.4. The van der Waals surface area contributed by atoms with Crippen LogP contribution in [-0.2, 0) is 4.74 Å². The fraction of sp³-hybridized carbons (Fsp3) is 0.0625. The first kappa shape index (κ1) is 15.7. The Morgan fingerprint density at radius 2 is 1.86 bits per heavy atom. The predicted molar refractivity (Wildman–Crippen MR) is 84.8 cm³/mol. The molecule has 0 aliphatic heterocycles. The second-order valence-corrected chi connectivity index (χ2v) is 4.84. The molecule has 0 radical (unpaired) electrons. The molecular weight excluding hydrogens is 306 g/mol. The van der Waals surface area contributed by atoms with Crippen molar-refractivity contribution in [2.75, 3.05) is 7.11 Å². The molecule has 0 aromatic heterocycles. The zero-order valence-electron chi connectivity index (χ0n) is 11.7. The molecule has 22 heavy (non-hydrogen) atoms. The van der Waals surface area contributed by atoms with Gasteiger partial charge in [0, 0.05) is 11.1 Å². The lowest BCUT2D eigenvalue weighted by Crippen LogP contribution is -2.00. The number of methoxy groups -OCH3 is 1. The van der Waals surface area contributed by atoms with Gasteiger partial charge in [-0.15, -0.1) is 0 Å². The summed E-state index contributed by atoms with van der Waals surface area (Å²) in [7, 11) is 1.31. The molecule has 0 aliphatic carbocycles. The Balaban J connectivity index is 2.27. The summed E-state index contributed by atoms with van der Waals surface area (Å²) >= 11 is 5.87. The first-order chi connectivity index (χ1) is 10.5. The van der Waals surface area contributed by atoms with Crippen LogP contribution >= 0.6 is 11.6 Å². The SMILES string of the molecule is COC(=O)c1ccc(/C=C/c2cc(Cl)ccc2[N+](=O)[O-])cc1. The van der Waals surface area contributed by atoms with Gasteiger partial charge in [-0.05, 0) is 35.9 Å². The topological polar surface area (TPSA) is 69.4 Å². The standard InChI is InChI=1S/C16H12ClNO4/c1-22-16(19)12-5-2-11(3-6-12)4-7-13-10-14(17)8-9-15(13)18(20)21/h2-10H,1H3/b7-4+. The average Bonchev–Trinajstić information content (AvgIpc) is 2.52. The van der Waals surface area contributed by atoms with Crippen molar-refractivity contribution in [3.63, 3.8) is 0 Å². The van der Waals surface area contributed by atoms with Gasteiger partial charge in [0.25, 0.3) is 5.69 Å². The van der Waals surface area contributed by atoms with Crippen LogP contribution in [0.5, 0.6) is 0 Å². The number of nitro groups is 1. The minimum atomic E-state index is -0.462. The summed E-state index contributed by atoms with van der Waals surface area (Å²) in [6.45, 7) is 0. The number of rotatable bonds is 4. The Labute approximate surface area is 131 Å². The van der Waals surface area contributed by atoms with Crippen LogP contribution < -0.4 is 0 Å². The van der Waals surface area contributed by atoms with Crippen molar-refractivity contribution in [2.45, 2.75) is 0 Å². The summed E-state index contributed by atoms with van der Waals surface area (Å²) in [6, 6.07) is 11.1. The number of nitro benzene ring substituents is 1. The molecule has 0 atom stereocenters. The van der Waals surface area contributed by atoms with Crippen molar-refractivity contribution in [3.05, 3.63) is 74.3 Å². The van der Waals surface area contributed by atoms with E-state index in [9.17, 15) is 14.9 Å². The zero-order valence-corrected chi connectivity index (χ0v) is 12.4. The van der Waals surface area contributed by atoms with Crippen LogP contribution in [0.2, 0.25) is 5.02 Å². The van der Waals surface area contributed by atoms with Crippen molar-refractivity contribution >= 4 is 35.4 Å². The lowest BCUT2D eigenvalue weighted by Gasteiger charge is -2.00. The third-order valence-corrected chi connectivity index (χ3v) is 3.21. The molecule has 0 spiro atoms. The highest BCUT2D eigenvalue weighted by Gasteiger charge is 2.11. The molecule has 0 N–H and O–H groups in total. The number of carbonyl (C=O) groups is 1. The maximum absolute atomic E-state index is 11.3. The summed E-state index contributed by atoms with van der Waals surface area (Å²) in [5.41, 5.74) is 1.62. The van der Waals surface area contributed by atoms with Crippen molar-refractivity contribution in [2.24, 2.45) is 0 Å². The van der Waals surface area contributed by atoms with Crippen molar-refractivity contribution in [1.29, 1.82) is 0 Å². The third kappa shape index (κ3) is 3.71. The van der Waals surface area contributed by atoms with E-state index in [0.29, 0.717) is 16.1 Å². The number of hydrogen-bond acceptors (Lipinski definition) is 4. The van der Waals surface area contributed by atoms with E-state index in [1.807, 2.05) is 0 Å². The van der Waals surface area contributed by atoms with Crippen LogP contribution in [-0.4, -0.2) is 18.0 Å². The van der Waals surface area contributed by atoms with E-state index in [-0.39, 0.29) is 5.69 Å². The van der Waals surface area contributed by atoms with E-state index in [4.69, 9.17) is 11.6 Å². The molecule has 0 unspecified atom stereocenters. The normalized spacial score (nSPS) is 10.6. The molecule has 6 heteroatoms. The van der Waals surface area contributed by atoms with Gasteiger partial charge in [-0.25, -0.2) is 4.79 Å². The van der Waals surface area contributed by atoms with Crippen LogP contribution in [0.4, 0.5) is 5.69 Å². The number of carbonyl (C=O) groups excluding carboxylic acids is 1. The van der Waals surface area contributed by atoms with Gasteiger partial charge in [-0.3, -0.25) is 10.1 Å². The third-order valence-electron chi connectivity index (χ3n) is 2.97. The largest absolute Gasteiger partial charge is 0.465 e. The van der Waals surface area contributed by atoms with Crippen molar-refractivity contribution in [3.8, 4) is 0 Å². The zero-order chi connectivity index (χ0) is 16.1. The minimum Gasteiger partial charge on any atom is -0.465 e. The Morgan fingerprint density at radius 3 is 2.45 bits per heavy atom. The van der Waals surface area contributed by atoms with E-state index >= 15 is 0 Å². The predicted octanol–water partition coefficient (Wildman–Crippen LogP) is 4.21. The molecule has 0 amide bonds. The highest BCUT2D eigenvalue weighted by molar-refractivity contribution is 6.30. The molecule has 2 rings (SSSR count). The van der Waals surface area contributed by atoms with Gasteiger partial charge in [0.05, 0.1) is 23.2 Å². The monoisotopic (exact) mass is 317 g/mol. The quantitative estimate of drug-likeness (QED) is 0.366. The molecular formula is C16H12ClNO4. The summed E-state index contributed by atoms with van der Waals surface area (Å²) in [4.78, 5) is 21.8. The van der Waals surface area contributed by atoms with E-state index in [0.717, 1.165) is 5.56 Å². The number of hydrogen-bond donors (Lipinski definition) is 0. The number of benzene rings is 2. The van der Waals surface area contributed by atoms with Gasteiger partial charge in [0.1, 0.15) is 0 Å². The number of halogens is 1. The second-order valence-electron chi connectivity index (χ2n) is 4.41. The maximum Gasteiger partial charge on any atom is 0.337 e. The Bertz CT molecular complexity index is 738. The number of nitrogens with zero attached hydrogens (tertiary/aromatic N) is 1. The number of ether oxygens (including phenoxy) is 1. The molecule has 0 aliphatic rings. The number of esters is 1. The van der Waals surface area contributed by atoms with Gasteiger partial charge < -0.3 is 4.74 Å². The molecule has 0 bridgehead atoms. The highest BCUT2D eigenvalue weighted by Crippen LogP contribution is 2.24. The van der Waals surface area contributed by atoms with E-state index in [1.54, 1.807) is 36.4 Å². The van der Waals surface area contributed by atoms with Gasteiger partial charge in [-0.1, -0.05) is 29.8 Å². The molecule has 0 fully saturated rings. The Hall–Kier alpha value is -2.66. The molecule has 0 saturated carbocycles. The minimum absolute atomic E-state index is 0.0215. The van der Waals surface area contributed by atoms with Crippen LogP contribution in [0, 0.1) is 10.1 Å². The van der Waals surface area contributed by atoms with Crippen LogP contribution in [0.3, 0.4) is 0 Å². The molecule has 0 saturated heterocycles. The molecule has 112 valence electrons. The second kappa shape index (κ2) is 6.87. The summed E-state index contributed by atoms with van der Waals surface area (Å²) < 4.78 is 4.61. The average molecular weight is 318 g/mol. The highest BCUT2D eigenvalue weighted by atomic mass is 35.5. The van der Waals surface area contributed by atoms with Gasteiger partial charge >= 0.3 is 5.97 Å². The Morgan fingerprint density at radius 1 is 1.18 bits per heavy atom. The van der Waals surface area contributed by atoms with Crippen LogP contribution in [0.15, 0.2) is 42.5 Å². The van der Waals surface area contributed by atoms with Crippen LogP contribution in [0.25, 0.3) is 12.2 Å².